The Labute approximate surface area is 207 Å². The average Bonchev–Trinajstić information content (AvgIpc) is 3.47. The smallest absolute Gasteiger partial charge is 0.277 e. The summed E-state index contributed by atoms with van der Waals surface area (Å²) >= 11 is 6.25. The van der Waals surface area contributed by atoms with Crippen LogP contribution < -0.4 is 5.32 Å². The summed E-state index contributed by atoms with van der Waals surface area (Å²) in [5.41, 5.74) is 3.47. The molecule has 3 heterocycles. The monoisotopic (exact) mass is 489 g/mol. The molecule has 0 bridgehead atoms. The molecule has 1 aliphatic heterocycles. The van der Waals surface area contributed by atoms with Gasteiger partial charge in [0.05, 0.1) is 36.7 Å². The van der Waals surface area contributed by atoms with Crippen molar-refractivity contribution in [3.63, 3.8) is 0 Å². The second-order valence-corrected chi connectivity index (χ2v) is 8.75. The Balaban J connectivity index is 1.31. The van der Waals surface area contributed by atoms with E-state index in [0.29, 0.717) is 36.2 Å². The maximum atomic E-state index is 12.9. The van der Waals surface area contributed by atoms with E-state index in [-0.39, 0.29) is 11.7 Å². The number of ether oxygens (including phenoxy) is 1. The van der Waals surface area contributed by atoms with E-state index in [1.165, 1.54) is 0 Å². The van der Waals surface area contributed by atoms with Crippen molar-refractivity contribution in [3.8, 4) is 11.3 Å². The van der Waals surface area contributed by atoms with Crippen LogP contribution in [0.4, 0.5) is 0 Å². The molecule has 2 aromatic carbocycles. The van der Waals surface area contributed by atoms with Gasteiger partial charge in [0.15, 0.2) is 11.5 Å². The number of nitrogens with one attached hydrogen (secondary N) is 1. The Morgan fingerprint density at radius 3 is 2.86 bits per heavy atom. The number of hydrogen-bond donors (Lipinski definition) is 1. The Morgan fingerprint density at radius 2 is 2.11 bits per heavy atom. The fourth-order valence-electron chi connectivity index (χ4n) is 3.96. The third-order valence-electron chi connectivity index (χ3n) is 5.83. The molecule has 1 amide bonds. The molecule has 1 aliphatic rings. The highest BCUT2D eigenvalue weighted by molar-refractivity contribution is 6.31. The molecule has 35 heavy (non-hydrogen) atoms. The molecule has 0 atom stereocenters. The highest BCUT2D eigenvalue weighted by Crippen LogP contribution is 2.31. The van der Waals surface area contributed by atoms with Gasteiger partial charge in [-0.2, -0.15) is 5.10 Å². The number of hydrogen-bond acceptors (Lipinski definition) is 6. The molecule has 0 radical (unpaired) electrons. The zero-order valence-corrected chi connectivity index (χ0v) is 19.9. The molecule has 9 heteroatoms. The van der Waals surface area contributed by atoms with Crippen molar-refractivity contribution in [2.45, 2.75) is 12.6 Å². The van der Waals surface area contributed by atoms with Gasteiger partial charge in [-0.15, -0.1) is 0 Å². The van der Waals surface area contributed by atoms with Gasteiger partial charge >= 0.3 is 0 Å². The van der Waals surface area contributed by atoms with Gasteiger partial charge in [0, 0.05) is 41.8 Å². The summed E-state index contributed by atoms with van der Waals surface area (Å²) in [6, 6.07) is 15.4. The molecule has 178 valence electrons. The van der Waals surface area contributed by atoms with Gasteiger partial charge in [-0.3, -0.25) is 9.48 Å². The van der Waals surface area contributed by atoms with Gasteiger partial charge in [0.2, 0.25) is 0 Å². The summed E-state index contributed by atoms with van der Waals surface area (Å²) in [6.07, 6.45) is 5.16. The van der Waals surface area contributed by atoms with E-state index < -0.39 is 5.91 Å². The zero-order valence-electron chi connectivity index (χ0n) is 19.1. The molecule has 1 fully saturated rings. The van der Waals surface area contributed by atoms with Crippen molar-refractivity contribution in [1.29, 1.82) is 0 Å². The van der Waals surface area contributed by atoms with Crippen molar-refractivity contribution in [3.05, 3.63) is 95.6 Å². The first kappa shape index (κ1) is 22.9. The number of carbonyl (C=O) groups is 1. The van der Waals surface area contributed by atoms with Crippen LogP contribution in [0.5, 0.6) is 0 Å². The van der Waals surface area contributed by atoms with Crippen molar-refractivity contribution in [1.82, 2.24) is 25.2 Å². The Kier molecular flexibility index (Phi) is 6.39. The van der Waals surface area contributed by atoms with Gasteiger partial charge in [-0.05, 0) is 23.8 Å². The van der Waals surface area contributed by atoms with Crippen LogP contribution in [0.2, 0.25) is 5.02 Å². The molecule has 1 N–H and O–H groups in total. The van der Waals surface area contributed by atoms with Gasteiger partial charge < -0.3 is 19.5 Å². The number of benzene rings is 2. The van der Waals surface area contributed by atoms with E-state index >= 15 is 0 Å². The number of halogens is 1. The molecule has 2 aromatic heterocycles. The molecule has 5 rings (SSSR count). The van der Waals surface area contributed by atoms with E-state index in [9.17, 15) is 4.79 Å². The fraction of sp³-hybridized carbons (Fsp3) is 0.192. The largest absolute Gasteiger partial charge is 0.377 e. The highest BCUT2D eigenvalue weighted by Gasteiger charge is 2.24. The third-order valence-corrected chi connectivity index (χ3v) is 6.20. The van der Waals surface area contributed by atoms with Crippen LogP contribution in [0.1, 0.15) is 22.1 Å². The molecule has 8 nitrogen and oxygen atoms in total. The number of rotatable bonds is 8. The maximum absolute atomic E-state index is 12.9. The van der Waals surface area contributed by atoms with Gasteiger partial charge in [0.1, 0.15) is 0 Å². The topological polar surface area (TPSA) is 85.4 Å². The van der Waals surface area contributed by atoms with Crippen LogP contribution in [0.25, 0.3) is 22.2 Å². The van der Waals surface area contributed by atoms with Crippen LogP contribution in [-0.4, -0.2) is 46.0 Å². The second-order valence-electron chi connectivity index (χ2n) is 8.34. The molecule has 0 aliphatic carbocycles. The van der Waals surface area contributed by atoms with Crippen LogP contribution >= 0.6 is 11.6 Å². The third kappa shape index (κ3) is 4.71. The minimum Gasteiger partial charge on any atom is -0.377 e. The SMILES string of the molecule is C=C/C(=C\N(C)Cc1ccccc1Cl)NC(=O)c1cc(-c2cccc3c2cnn3C2COC2)on1. The van der Waals surface area contributed by atoms with Crippen molar-refractivity contribution < 1.29 is 14.1 Å². The van der Waals surface area contributed by atoms with Crippen LogP contribution in [0, 0.1) is 0 Å². The van der Waals surface area contributed by atoms with Crippen LogP contribution in [0.15, 0.2) is 83.8 Å². The first-order valence-electron chi connectivity index (χ1n) is 11.1. The summed E-state index contributed by atoms with van der Waals surface area (Å²) < 4.78 is 12.8. The summed E-state index contributed by atoms with van der Waals surface area (Å²) in [6.45, 7) is 5.68. The van der Waals surface area contributed by atoms with Crippen molar-refractivity contribution in [2.24, 2.45) is 0 Å². The predicted octanol–water partition coefficient (Wildman–Crippen LogP) is 4.81. The molecule has 0 unspecified atom stereocenters. The van der Waals surface area contributed by atoms with Gasteiger partial charge in [0.25, 0.3) is 5.91 Å². The number of nitrogens with zero attached hydrogens (tertiary/aromatic N) is 4. The number of amides is 1. The standard InChI is InChI=1S/C26H24ClN5O3/c1-3-18(14-31(2)13-17-7-4-5-9-22(17)27)29-26(33)23-11-25(35-30-23)20-8-6-10-24-21(20)12-28-32(24)19-15-34-16-19/h3-12,14,19H,1,13,15-16H2,2H3,(H,29,33)/b18-14+. The zero-order chi connectivity index (χ0) is 24.4. The molecule has 1 saturated heterocycles. The minimum atomic E-state index is -0.396. The van der Waals surface area contributed by atoms with E-state index in [1.807, 2.05) is 59.1 Å². The first-order valence-corrected chi connectivity index (χ1v) is 11.5. The fourth-order valence-corrected chi connectivity index (χ4v) is 4.16. The van der Waals surface area contributed by atoms with E-state index in [0.717, 1.165) is 22.0 Å². The van der Waals surface area contributed by atoms with E-state index in [1.54, 1.807) is 24.5 Å². The average molecular weight is 490 g/mol. The summed E-state index contributed by atoms with van der Waals surface area (Å²) in [4.78, 5) is 14.8. The van der Waals surface area contributed by atoms with Crippen LogP contribution in [0.3, 0.4) is 0 Å². The first-order chi connectivity index (χ1) is 17.0. The lowest BCUT2D eigenvalue weighted by molar-refractivity contribution is -0.0266. The van der Waals surface area contributed by atoms with Gasteiger partial charge in [-0.1, -0.05) is 53.7 Å². The second kappa shape index (κ2) is 9.77. The lowest BCUT2D eigenvalue weighted by Crippen LogP contribution is -2.31. The number of carbonyl (C=O) groups excluding carboxylic acids is 1. The van der Waals surface area contributed by atoms with Crippen molar-refractivity contribution >= 4 is 28.4 Å². The van der Waals surface area contributed by atoms with Crippen LogP contribution in [-0.2, 0) is 11.3 Å². The Morgan fingerprint density at radius 1 is 1.29 bits per heavy atom. The number of allylic oxidation sites excluding steroid dienone is 1. The molecule has 0 spiro atoms. The highest BCUT2D eigenvalue weighted by atomic mass is 35.5. The lowest BCUT2D eigenvalue weighted by Gasteiger charge is -2.26. The number of fused-ring (bicyclic) bond motifs is 1. The minimum absolute atomic E-state index is 0.165. The summed E-state index contributed by atoms with van der Waals surface area (Å²) in [5, 5.41) is 13.0. The summed E-state index contributed by atoms with van der Waals surface area (Å²) in [7, 11) is 1.89. The Hall–Kier alpha value is -3.88. The van der Waals surface area contributed by atoms with E-state index in [4.69, 9.17) is 20.9 Å². The predicted molar refractivity (Wildman–Crippen MR) is 134 cm³/mol. The molecule has 4 aromatic rings. The Bertz CT molecular complexity index is 1420. The normalized spacial score (nSPS) is 14.1. The molecular weight excluding hydrogens is 466 g/mol. The maximum Gasteiger partial charge on any atom is 0.277 e. The van der Waals surface area contributed by atoms with Crippen molar-refractivity contribution in [2.75, 3.05) is 20.3 Å². The quantitative estimate of drug-likeness (QED) is 0.358. The van der Waals surface area contributed by atoms with E-state index in [2.05, 4.69) is 22.2 Å². The van der Waals surface area contributed by atoms with Gasteiger partial charge in [-0.25, -0.2) is 0 Å². The molecular formula is C26H24ClN5O3. The molecule has 0 saturated carbocycles. The number of aromatic nitrogens is 3. The summed E-state index contributed by atoms with van der Waals surface area (Å²) in [5.74, 6) is 0.0944. The lowest BCUT2D eigenvalue weighted by atomic mass is 10.1.